The van der Waals surface area contributed by atoms with Gasteiger partial charge >= 0.3 is 0 Å². The van der Waals surface area contributed by atoms with Crippen LogP contribution in [-0.4, -0.2) is 105 Å². The van der Waals surface area contributed by atoms with Crippen LogP contribution in [0.5, 0.6) is 0 Å². The first-order valence-corrected chi connectivity index (χ1v) is 17.6. The molecule has 8 rings (SSSR count). The van der Waals surface area contributed by atoms with Crippen molar-refractivity contribution in [1.29, 1.82) is 0 Å². The molecule has 2 aliphatic heterocycles. The van der Waals surface area contributed by atoms with Crippen molar-refractivity contribution in [3.8, 4) is 22.8 Å². The predicted octanol–water partition coefficient (Wildman–Crippen LogP) is 5.74. The number of nitrogens with zero attached hydrogens (tertiary/aromatic N) is 7. The van der Waals surface area contributed by atoms with E-state index in [1.807, 2.05) is 110 Å². The number of hydrogen-bond donors (Lipinski definition) is 2. The fourth-order valence-corrected chi connectivity index (χ4v) is 8.03. The maximum Gasteiger partial charge on any atom is 0.237 e. The Morgan fingerprint density at radius 1 is 0.922 bits per heavy atom. The normalized spacial score (nSPS) is 19.5. The van der Waals surface area contributed by atoms with E-state index in [0.29, 0.717) is 18.2 Å². The zero-order chi connectivity index (χ0) is 35.3. The second-order valence-electron chi connectivity index (χ2n) is 14.1. The largest absolute Gasteiger partial charge is 0.436 e. The third-order valence-electron chi connectivity index (χ3n) is 10.4. The van der Waals surface area contributed by atoms with Gasteiger partial charge in [-0.25, -0.2) is 15.0 Å². The third-order valence-corrected chi connectivity index (χ3v) is 10.4. The van der Waals surface area contributed by atoms with Gasteiger partial charge in [-0.15, -0.1) is 0 Å². The Kier molecular flexibility index (Phi) is 8.53. The summed E-state index contributed by atoms with van der Waals surface area (Å²) >= 11 is 0. The molecule has 12 heteroatoms. The molecule has 0 unspecified atom stereocenters. The number of imidazole rings is 2. The quantitative estimate of drug-likeness (QED) is 0.174. The highest BCUT2D eigenvalue weighted by molar-refractivity contribution is 5.90. The number of carbonyl (C=O) groups is 2. The van der Waals surface area contributed by atoms with E-state index in [-0.39, 0.29) is 18.0 Å². The first kappa shape index (κ1) is 33.0. The van der Waals surface area contributed by atoms with Crippen LogP contribution in [0, 0.1) is 0 Å². The molecule has 0 spiro atoms. The number of fused-ring (bicyclic) bond motifs is 2. The van der Waals surface area contributed by atoms with Crippen molar-refractivity contribution in [3.05, 3.63) is 90.1 Å². The lowest BCUT2D eigenvalue weighted by Crippen LogP contribution is -2.56. The number of hydrogen-bond acceptors (Lipinski definition) is 9. The van der Waals surface area contributed by atoms with Crippen LogP contribution in [0.2, 0.25) is 0 Å². The number of carbonyl (C=O) groups excluding carboxylic acids is 2. The summed E-state index contributed by atoms with van der Waals surface area (Å²) in [6, 6.07) is 21.8. The van der Waals surface area contributed by atoms with Crippen molar-refractivity contribution in [1.82, 2.24) is 44.5 Å². The van der Waals surface area contributed by atoms with Crippen LogP contribution in [0.1, 0.15) is 55.0 Å². The van der Waals surface area contributed by atoms with E-state index >= 15 is 0 Å². The van der Waals surface area contributed by atoms with E-state index < -0.39 is 5.66 Å². The summed E-state index contributed by atoms with van der Waals surface area (Å²) in [7, 11) is 7.73. The minimum Gasteiger partial charge on any atom is -0.436 e. The molecule has 5 heterocycles. The highest BCUT2D eigenvalue weighted by atomic mass is 16.4. The molecular weight excluding hydrogens is 642 g/mol. The molecule has 12 nitrogen and oxygen atoms in total. The Morgan fingerprint density at radius 3 is 2.47 bits per heavy atom. The molecule has 0 bridgehead atoms. The fraction of sp³-hybridized carbons (Fsp3) is 0.359. The lowest BCUT2D eigenvalue weighted by Gasteiger charge is -2.45. The van der Waals surface area contributed by atoms with Gasteiger partial charge in [-0.05, 0) is 89.8 Å². The molecule has 3 atom stereocenters. The SMILES string of the molecule is CN(C)CC(=O)N1CCC[C@H]1c1nc2c(-c3ncc(-c4ccc5nc([C@@H]6CCCN6[C@@](C=O)(c6ccccc6)N(C)C)[nH]c5c4)o3)cccc2[nH]1. The molecule has 6 aromatic rings. The van der Waals surface area contributed by atoms with Gasteiger partial charge in [0.05, 0.1) is 46.9 Å². The van der Waals surface area contributed by atoms with E-state index in [9.17, 15) is 9.59 Å². The lowest BCUT2D eigenvalue weighted by atomic mass is 9.96. The zero-order valence-electron chi connectivity index (χ0n) is 29.5. The van der Waals surface area contributed by atoms with Gasteiger partial charge in [0.15, 0.2) is 17.7 Å². The van der Waals surface area contributed by atoms with E-state index in [4.69, 9.17) is 14.4 Å². The molecule has 2 saturated heterocycles. The second-order valence-corrected chi connectivity index (χ2v) is 14.1. The number of rotatable bonds is 10. The summed E-state index contributed by atoms with van der Waals surface area (Å²) in [4.78, 5) is 55.8. The summed E-state index contributed by atoms with van der Waals surface area (Å²) < 4.78 is 6.39. The van der Waals surface area contributed by atoms with E-state index in [1.165, 1.54) is 0 Å². The molecule has 0 radical (unpaired) electrons. The van der Waals surface area contributed by atoms with Crippen molar-refractivity contribution in [3.63, 3.8) is 0 Å². The van der Waals surface area contributed by atoms with Gasteiger partial charge in [0.1, 0.15) is 17.2 Å². The number of benzene rings is 3. The Hall–Kier alpha value is -5.17. The number of H-pyrrole nitrogens is 2. The Bertz CT molecular complexity index is 2200. The molecule has 2 aliphatic rings. The Balaban J connectivity index is 1.07. The van der Waals surface area contributed by atoms with Gasteiger partial charge < -0.3 is 24.2 Å². The summed E-state index contributed by atoms with van der Waals surface area (Å²) in [5, 5.41) is 0. The number of para-hydroxylation sites is 1. The van der Waals surface area contributed by atoms with Gasteiger partial charge in [0, 0.05) is 18.7 Å². The molecule has 3 aromatic heterocycles. The molecule has 2 N–H and O–H groups in total. The average molecular weight is 686 g/mol. The standard InChI is InChI=1S/C39H43N9O3/c1-45(2)23-34(50)47-19-9-15-31(47)36-42-29-14-8-13-27(35(29)44-36)38-40-22-33(51-38)25-17-18-28-30(21-25)43-37(41-28)32-16-10-20-48(32)39(24-49,46(3)4)26-11-6-5-7-12-26/h5-8,11-14,17-18,21-22,24,31-32H,9-10,15-16,19-20,23H2,1-4H3,(H,41,43)(H,42,44)/t31-,32-,39-/m0/s1. The first-order chi connectivity index (χ1) is 24.8. The number of aldehydes is 1. The van der Waals surface area contributed by atoms with Crippen LogP contribution in [0.3, 0.4) is 0 Å². The topological polar surface area (TPSA) is 130 Å². The molecule has 1 amide bonds. The van der Waals surface area contributed by atoms with Crippen molar-refractivity contribution in [2.45, 2.75) is 43.4 Å². The molecular formula is C39H43N9O3. The number of amides is 1. The van der Waals surface area contributed by atoms with Crippen molar-refractivity contribution >= 4 is 34.3 Å². The van der Waals surface area contributed by atoms with Crippen molar-refractivity contribution in [2.75, 3.05) is 47.8 Å². The molecule has 262 valence electrons. The van der Waals surface area contributed by atoms with E-state index in [0.717, 1.165) is 95.5 Å². The van der Waals surface area contributed by atoms with Gasteiger partial charge in [-0.1, -0.05) is 36.4 Å². The van der Waals surface area contributed by atoms with Gasteiger partial charge in [0.2, 0.25) is 11.8 Å². The fourth-order valence-electron chi connectivity index (χ4n) is 8.03. The Morgan fingerprint density at radius 2 is 1.69 bits per heavy atom. The molecule has 3 aromatic carbocycles. The number of likely N-dealkylation sites (N-methyl/N-ethyl adjacent to an activating group) is 2. The average Bonchev–Trinajstić information content (AvgIpc) is 3.97. The maximum absolute atomic E-state index is 13.0. The molecule has 0 saturated carbocycles. The molecule has 51 heavy (non-hydrogen) atoms. The first-order valence-electron chi connectivity index (χ1n) is 17.6. The number of aromatic amines is 2. The number of oxazole rings is 1. The predicted molar refractivity (Wildman–Crippen MR) is 195 cm³/mol. The van der Waals surface area contributed by atoms with E-state index in [2.05, 4.69) is 19.9 Å². The molecule has 2 fully saturated rings. The van der Waals surface area contributed by atoms with Gasteiger partial charge in [-0.2, -0.15) is 0 Å². The monoisotopic (exact) mass is 685 g/mol. The van der Waals surface area contributed by atoms with Crippen LogP contribution < -0.4 is 0 Å². The highest BCUT2D eigenvalue weighted by Crippen LogP contribution is 2.42. The van der Waals surface area contributed by atoms with Crippen LogP contribution in [0.25, 0.3) is 44.8 Å². The van der Waals surface area contributed by atoms with Crippen molar-refractivity contribution in [2.24, 2.45) is 0 Å². The second kappa shape index (κ2) is 13.2. The van der Waals surface area contributed by atoms with E-state index in [1.54, 1.807) is 6.20 Å². The number of likely N-dealkylation sites (tertiary alicyclic amines) is 2. The third kappa shape index (κ3) is 5.73. The minimum atomic E-state index is -0.916. The summed E-state index contributed by atoms with van der Waals surface area (Å²) in [6.07, 6.45) is 6.47. The lowest BCUT2D eigenvalue weighted by molar-refractivity contribution is -0.133. The van der Waals surface area contributed by atoms with Crippen LogP contribution in [0.4, 0.5) is 0 Å². The smallest absolute Gasteiger partial charge is 0.237 e. The minimum absolute atomic E-state index is 0.0628. The van der Waals surface area contributed by atoms with Gasteiger partial charge in [0.25, 0.3) is 0 Å². The number of aromatic nitrogens is 5. The highest BCUT2D eigenvalue weighted by Gasteiger charge is 2.47. The summed E-state index contributed by atoms with van der Waals surface area (Å²) in [5.41, 5.74) is 5.06. The van der Waals surface area contributed by atoms with Crippen LogP contribution >= 0.6 is 0 Å². The van der Waals surface area contributed by atoms with Crippen LogP contribution in [0.15, 0.2) is 77.3 Å². The zero-order valence-corrected chi connectivity index (χ0v) is 29.5. The summed E-state index contributed by atoms with van der Waals surface area (Å²) in [6.45, 7) is 1.88. The Labute approximate surface area is 296 Å². The number of nitrogens with one attached hydrogen (secondary N) is 2. The van der Waals surface area contributed by atoms with Crippen molar-refractivity contribution < 1.29 is 14.0 Å². The van der Waals surface area contributed by atoms with Gasteiger partial charge in [-0.3, -0.25) is 19.4 Å². The maximum atomic E-state index is 13.0. The van der Waals surface area contributed by atoms with Crippen LogP contribution in [-0.2, 0) is 15.3 Å². The summed E-state index contributed by atoms with van der Waals surface area (Å²) in [5.74, 6) is 2.84. The molecule has 0 aliphatic carbocycles.